The zero-order valence-corrected chi connectivity index (χ0v) is 15.8. The number of likely N-dealkylation sites (tertiary alicyclic amines) is 1. The van der Waals surface area contributed by atoms with Crippen molar-refractivity contribution in [2.45, 2.75) is 38.8 Å². The minimum absolute atomic E-state index is 0.299. The Hall–Kier alpha value is -2.18. The first kappa shape index (κ1) is 17.2. The molecule has 0 spiro atoms. The van der Waals surface area contributed by atoms with Crippen LogP contribution in [0.1, 0.15) is 52.2 Å². The summed E-state index contributed by atoms with van der Waals surface area (Å²) >= 11 is 1.78. The first-order chi connectivity index (χ1) is 12.7. The number of carbonyl (C=O) groups is 1. The van der Waals surface area contributed by atoms with E-state index in [1.807, 2.05) is 12.1 Å². The van der Waals surface area contributed by atoms with Crippen LogP contribution in [0.25, 0.3) is 10.2 Å². The second-order valence-electron chi connectivity index (χ2n) is 6.68. The number of thiazole rings is 1. The number of rotatable bonds is 4. The van der Waals surface area contributed by atoms with Gasteiger partial charge in [0.15, 0.2) is 0 Å². The number of piperidine rings is 1. The van der Waals surface area contributed by atoms with Crippen LogP contribution in [0, 0.1) is 6.92 Å². The van der Waals surface area contributed by atoms with Gasteiger partial charge in [-0.1, -0.05) is 18.6 Å². The SMILES string of the molecule is COC(=O)c1cc(CN2CCCC[C@@H]2c2nc3ccccc3s2)oc1C. The molecule has 3 aromatic rings. The Morgan fingerprint density at radius 1 is 1.38 bits per heavy atom. The Morgan fingerprint density at radius 3 is 3.04 bits per heavy atom. The van der Waals surface area contributed by atoms with Crippen LogP contribution in [0.4, 0.5) is 0 Å². The van der Waals surface area contributed by atoms with Gasteiger partial charge in [-0.15, -0.1) is 11.3 Å². The first-order valence-corrected chi connectivity index (χ1v) is 9.74. The number of benzene rings is 1. The number of fused-ring (bicyclic) bond motifs is 1. The molecule has 6 heteroatoms. The fourth-order valence-corrected chi connectivity index (χ4v) is 4.76. The monoisotopic (exact) mass is 370 g/mol. The summed E-state index contributed by atoms with van der Waals surface area (Å²) < 4.78 is 11.9. The van der Waals surface area contributed by atoms with Gasteiger partial charge in [-0.2, -0.15) is 0 Å². The Bertz CT molecular complexity index is 897. The van der Waals surface area contributed by atoms with Crippen molar-refractivity contribution in [1.29, 1.82) is 0 Å². The van der Waals surface area contributed by atoms with Crippen LogP contribution in [-0.2, 0) is 11.3 Å². The van der Waals surface area contributed by atoms with Gasteiger partial charge in [0.25, 0.3) is 0 Å². The Morgan fingerprint density at radius 2 is 2.23 bits per heavy atom. The van der Waals surface area contributed by atoms with Crippen molar-refractivity contribution in [3.05, 3.63) is 52.4 Å². The lowest BCUT2D eigenvalue weighted by molar-refractivity contribution is 0.0599. The van der Waals surface area contributed by atoms with E-state index in [4.69, 9.17) is 14.1 Å². The van der Waals surface area contributed by atoms with Gasteiger partial charge < -0.3 is 9.15 Å². The van der Waals surface area contributed by atoms with Crippen molar-refractivity contribution in [3.8, 4) is 0 Å². The number of hydrogen-bond donors (Lipinski definition) is 0. The molecule has 0 radical (unpaired) electrons. The van der Waals surface area contributed by atoms with Gasteiger partial charge in [-0.05, 0) is 44.5 Å². The lowest BCUT2D eigenvalue weighted by atomic mass is 10.0. The minimum atomic E-state index is -0.348. The molecule has 1 saturated heterocycles. The lowest BCUT2D eigenvalue weighted by Gasteiger charge is -2.33. The van der Waals surface area contributed by atoms with Crippen LogP contribution in [0.5, 0.6) is 0 Å². The van der Waals surface area contributed by atoms with Gasteiger partial charge in [-0.3, -0.25) is 4.90 Å². The van der Waals surface area contributed by atoms with E-state index in [0.717, 1.165) is 24.2 Å². The van der Waals surface area contributed by atoms with E-state index in [9.17, 15) is 4.79 Å². The summed E-state index contributed by atoms with van der Waals surface area (Å²) in [6.07, 6.45) is 3.48. The summed E-state index contributed by atoms with van der Waals surface area (Å²) in [4.78, 5) is 19.1. The van der Waals surface area contributed by atoms with Crippen LogP contribution < -0.4 is 0 Å². The molecule has 1 aromatic carbocycles. The number of para-hydroxylation sites is 1. The lowest BCUT2D eigenvalue weighted by Crippen LogP contribution is -2.32. The molecular weight excluding hydrogens is 348 g/mol. The van der Waals surface area contributed by atoms with Gasteiger partial charge in [0, 0.05) is 0 Å². The van der Waals surface area contributed by atoms with E-state index in [-0.39, 0.29) is 5.97 Å². The molecule has 5 nitrogen and oxygen atoms in total. The number of esters is 1. The minimum Gasteiger partial charge on any atom is -0.465 e. The largest absolute Gasteiger partial charge is 0.465 e. The zero-order chi connectivity index (χ0) is 18.1. The Kier molecular flexibility index (Phi) is 4.78. The van der Waals surface area contributed by atoms with E-state index in [1.165, 1.54) is 29.7 Å². The molecule has 4 rings (SSSR count). The number of nitrogens with zero attached hydrogens (tertiary/aromatic N) is 2. The third kappa shape index (κ3) is 3.27. The number of furan rings is 1. The number of methoxy groups -OCH3 is 1. The summed E-state index contributed by atoms with van der Waals surface area (Å²) in [5.74, 6) is 1.06. The van der Waals surface area contributed by atoms with E-state index in [0.29, 0.717) is 23.9 Å². The van der Waals surface area contributed by atoms with Crippen LogP contribution in [0.15, 0.2) is 34.7 Å². The fraction of sp³-hybridized carbons (Fsp3) is 0.400. The van der Waals surface area contributed by atoms with Crippen LogP contribution in [0.3, 0.4) is 0 Å². The van der Waals surface area contributed by atoms with Crippen molar-refractivity contribution >= 4 is 27.5 Å². The predicted molar refractivity (Wildman–Crippen MR) is 101 cm³/mol. The number of hydrogen-bond acceptors (Lipinski definition) is 6. The van der Waals surface area contributed by atoms with Gasteiger partial charge in [0.1, 0.15) is 22.1 Å². The second-order valence-corrected chi connectivity index (χ2v) is 7.74. The number of ether oxygens (including phenoxy) is 1. The first-order valence-electron chi connectivity index (χ1n) is 8.93. The third-order valence-electron chi connectivity index (χ3n) is 4.94. The van der Waals surface area contributed by atoms with Crippen molar-refractivity contribution in [3.63, 3.8) is 0 Å². The molecule has 2 aromatic heterocycles. The molecule has 1 atom stereocenters. The molecule has 26 heavy (non-hydrogen) atoms. The molecule has 0 aliphatic carbocycles. The Balaban J connectivity index is 1.59. The molecular formula is C20H22N2O3S. The number of carbonyl (C=O) groups excluding carboxylic acids is 1. The second kappa shape index (κ2) is 7.21. The van der Waals surface area contributed by atoms with Crippen molar-refractivity contribution in [2.75, 3.05) is 13.7 Å². The summed E-state index contributed by atoms with van der Waals surface area (Å²) in [5, 5.41) is 1.17. The highest BCUT2D eigenvalue weighted by atomic mass is 32.1. The zero-order valence-electron chi connectivity index (χ0n) is 15.0. The van der Waals surface area contributed by atoms with Gasteiger partial charge in [0.2, 0.25) is 0 Å². The van der Waals surface area contributed by atoms with Crippen molar-refractivity contribution in [2.24, 2.45) is 0 Å². The van der Waals surface area contributed by atoms with E-state index in [2.05, 4.69) is 23.1 Å². The Labute approximate surface area is 156 Å². The number of aromatic nitrogens is 1. The highest BCUT2D eigenvalue weighted by molar-refractivity contribution is 7.18. The smallest absolute Gasteiger partial charge is 0.341 e. The molecule has 1 aliphatic rings. The normalized spacial score (nSPS) is 18.3. The van der Waals surface area contributed by atoms with E-state index >= 15 is 0 Å². The molecule has 0 saturated carbocycles. The fourth-order valence-electron chi connectivity index (χ4n) is 3.63. The number of aryl methyl sites for hydroxylation is 1. The van der Waals surface area contributed by atoms with Gasteiger partial charge >= 0.3 is 5.97 Å². The van der Waals surface area contributed by atoms with Crippen molar-refractivity contribution < 1.29 is 13.9 Å². The molecule has 3 heterocycles. The maximum Gasteiger partial charge on any atom is 0.341 e. The van der Waals surface area contributed by atoms with Gasteiger partial charge in [0.05, 0.1) is 29.9 Å². The summed E-state index contributed by atoms with van der Waals surface area (Å²) in [6, 6.07) is 10.4. The van der Waals surface area contributed by atoms with Crippen LogP contribution >= 0.6 is 11.3 Å². The molecule has 1 fully saturated rings. The summed E-state index contributed by atoms with van der Waals surface area (Å²) in [5.41, 5.74) is 1.58. The molecule has 1 aliphatic heterocycles. The predicted octanol–water partition coefficient (Wildman–Crippen LogP) is 4.71. The summed E-state index contributed by atoms with van der Waals surface area (Å²) in [6.45, 7) is 3.49. The van der Waals surface area contributed by atoms with Crippen molar-refractivity contribution in [1.82, 2.24) is 9.88 Å². The quantitative estimate of drug-likeness (QED) is 0.623. The van der Waals surface area contributed by atoms with Gasteiger partial charge in [-0.25, -0.2) is 9.78 Å². The molecule has 0 amide bonds. The average Bonchev–Trinajstić information content (AvgIpc) is 3.24. The average molecular weight is 370 g/mol. The van der Waals surface area contributed by atoms with Crippen LogP contribution in [0.2, 0.25) is 0 Å². The van der Waals surface area contributed by atoms with E-state index in [1.54, 1.807) is 18.3 Å². The highest BCUT2D eigenvalue weighted by Crippen LogP contribution is 2.36. The maximum atomic E-state index is 11.8. The molecule has 0 N–H and O–H groups in total. The molecule has 136 valence electrons. The third-order valence-corrected chi connectivity index (χ3v) is 6.08. The molecule has 0 bridgehead atoms. The standard InChI is InChI=1S/C20H22N2O3S/c1-13-15(20(23)24-2)11-14(25-13)12-22-10-6-5-8-17(22)19-21-16-7-3-4-9-18(16)26-19/h3-4,7,9,11,17H,5-6,8,10,12H2,1-2H3/t17-/m1/s1. The van der Waals surface area contributed by atoms with E-state index < -0.39 is 0 Å². The van der Waals surface area contributed by atoms with Crippen LogP contribution in [-0.4, -0.2) is 29.5 Å². The molecule has 0 unspecified atom stereocenters. The highest BCUT2D eigenvalue weighted by Gasteiger charge is 2.28. The topological polar surface area (TPSA) is 55.6 Å². The summed E-state index contributed by atoms with van der Waals surface area (Å²) in [7, 11) is 1.39. The maximum absolute atomic E-state index is 11.8.